The zero-order valence-electron chi connectivity index (χ0n) is 3.73. The lowest BCUT2D eigenvalue weighted by molar-refractivity contribution is 1.09. The van der Waals surface area contributed by atoms with Crippen LogP contribution in [0.2, 0.25) is 0 Å². The molecule has 2 N–H and O–H groups in total. The molecule has 0 aliphatic heterocycles. The largest absolute Gasteiger partial charge is 0.312 e. The molecule has 2 heteroatoms. The van der Waals surface area contributed by atoms with Crippen LogP contribution in [-0.4, -0.2) is 12.4 Å². The minimum Gasteiger partial charge on any atom is -0.312 e. The van der Waals surface area contributed by atoms with Crippen LogP contribution in [0.3, 0.4) is 0 Å². The van der Waals surface area contributed by atoms with Crippen molar-refractivity contribution in [2.24, 2.45) is 5.92 Å². The minimum absolute atomic E-state index is 0.0185. The second kappa shape index (κ2) is 2.57. The quantitative estimate of drug-likeness (QED) is 0.467. The standard InChI is InChI=1S/C4H8N2/c1-4(2-5)3-6/h2-6H,1H3. The van der Waals surface area contributed by atoms with Gasteiger partial charge in [-0.15, -0.1) is 0 Å². The van der Waals surface area contributed by atoms with E-state index >= 15 is 0 Å². The van der Waals surface area contributed by atoms with Crippen LogP contribution in [0.15, 0.2) is 0 Å². The van der Waals surface area contributed by atoms with E-state index in [-0.39, 0.29) is 5.92 Å². The van der Waals surface area contributed by atoms with Crippen LogP contribution < -0.4 is 0 Å². The first kappa shape index (κ1) is 5.34. The fourth-order valence-electron chi connectivity index (χ4n) is 0.0481. The van der Waals surface area contributed by atoms with Gasteiger partial charge in [0, 0.05) is 18.3 Å². The van der Waals surface area contributed by atoms with Crippen molar-refractivity contribution in [3.8, 4) is 0 Å². The molecule has 2 nitrogen and oxygen atoms in total. The molecule has 34 valence electrons. The van der Waals surface area contributed by atoms with Crippen LogP contribution in [0.25, 0.3) is 0 Å². The second-order valence-electron chi connectivity index (χ2n) is 1.19. The monoisotopic (exact) mass is 84.1 g/mol. The highest BCUT2D eigenvalue weighted by Gasteiger charge is 1.82. The zero-order chi connectivity index (χ0) is 4.99. The SMILES string of the molecule is CC(C=N)C=N. The average molecular weight is 84.1 g/mol. The molecule has 0 aromatic rings. The van der Waals surface area contributed by atoms with Gasteiger partial charge in [-0.25, -0.2) is 0 Å². The van der Waals surface area contributed by atoms with Crippen molar-refractivity contribution in [2.45, 2.75) is 6.92 Å². The molecule has 6 heavy (non-hydrogen) atoms. The fraction of sp³-hybridized carbons (Fsp3) is 0.500. The Hall–Kier alpha value is -0.660. The maximum atomic E-state index is 6.53. The van der Waals surface area contributed by atoms with E-state index in [9.17, 15) is 0 Å². The minimum atomic E-state index is 0.0185. The highest BCUT2D eigenvalue weighted by molar-refractivity contribution is 5.79. The van der Waals surface area contributed by atoms with Crippen LogP contribution in [0, 0.1) is 16.7 Å². The van der Waals surface area contributed by atoms with Crippen LogP contribution in [0.4, 0.5) is 0 Å². The molecule has 0 atom stereocenters. The molecule has 0 aliphatic carbocycles. The van der Waals surface area contributed by atoms with Gasteiger partial charge in [0.2, 0.25) is 0 Å². The van der Waals surface area contributed by atoms with E-state index in [1.54, 1.807) is 6.92 Å². The van der Waals surface area contributed by atoms with Gasteiger partial charge in [0.05, 0.1) is 0 Å². The van der Waals surface area contributed by atoms with Crippen molar-refractivity contribution in [3.63, 3.8) is 0 Å². The van der Waals surface area contributed by atoms with Crippen molar-refractivity contribution >= 4 is 12.4 Å². The summed E-state index contributed by atoms with van der Waals surface area (Å²) in [5.41, 5.74) is 0. The maximum absolute atomic E-state index is 6.53. The summed E-state index contributed by atoms with van der Waals surface area (Å²) in [5, 5.41) is 13.1. The van der Waals surface area contributed by atoms with E-state index in [2.05, 4.69) is 0 Å². The summed E-state index contributed by atoms with van der Waals surface area (Å²) in [7, 11) is 0. The van der Waals surface area contributed by atoms with Gasteiger partial charge >= 0.3 is 0 Å². The molecule has 0 fully saturated rings. The molecule has 0 saturated heterocycles. The summed E-state index contributed by atoms with van der Waals surface area (Å²) in [5.74, 6) is 0.0185. The lowest BCUT2D eigenvalue weighted by Gasteiger charge is -1.84. The van der Waals surface area contributed by atoms with Crippen LogP contribution in [0.5, 0.6) is 0 Å². The van der Waals surface area contributed by atoms with E-state index < -0.39 is 0 Å². The lowest BCUT2D eigenvalue weighted by Crippen LogP contribution is -1.92. The third kappa shape index (κ3) is 1.64. The number of hydrogen-bond acceptors (Lipinski definition) is 2. The smallest absolute Gasteiger partial charge is 0.0254 e. The molecule has 0 heterocycles. The van der Waals surface area contributed by atoms with Crippen molar-refractivity contribution in [3.05, 3.63) is 0 Å². The van der Waals surface area contributed by atoms with Gasteiger partial charge < -0.3 is 10.8 Å². The zero-order valence-corrected chi connectivity index (χ0v) is 3.73. The Balaban J connectivity index is 3.21. The molecule has 0 spiro atoms. The molecule has 0 rings (SSSR count). The summed E-state index contributed by atoms with van der Waals surface area (Å²) >= 11 is 0. The Labute approximate surface area is 37.2 Å². The molecule has 0 saturated carbocycles. The third-order valence-electron chi connectivity index (χ3n) is 0.526. The maximum Gasteiger partial charge on any atom is 0.0254 e. The van der Waals surface area contributed by atoms with Gasteiger partial charge in [0.1, 0.15) is 0 Å². The van der Waals surface area contributed by atoms with Crippen LogP contribution in [0.1, 0.15) is 6.92 Å². The predicted molar refractivity (Wildman–Crippen MR) is 26.7 cm³/mol. The predicted octanol–water partition coefficient (Wildman–Crippen LogP) is 0.922. The summed E-state index contributed by atoms with van der Waals surface area (Å²) in [6.45, 7) is 1.79. The third-order valence-corrected chi connectivity index (χ3v) is 0.526. The second-order valence-corrected chi connectivity index (χ2v) is 1.19. The number of rotatable bonds is 2. The number of hydrogen-bond donors (Lipinski definition) is 2. The van der Waals surface area contributed by atoms with E-state index in [0.29, 0.717) is 0 Å². The topological polar surface area (TPSA) is 47.7 Å². The molecule has 0 amide bonds. The van der Waals surface area contributed by atoms with Gasteiger partial charge in [-0.3, -0.25) is 0 Å². The molecule has 0 unspecified atom stereocenters. The first-order valence-corrected chi connectivity index (χ1v) is 1.82. The average Bonchev–Trinajstić information content (AvgIpc) is 1.65. The van der Waals surface area contributed by atoms with Crippen LogP contribution in [-0.2, 0) is 0 Å². The van der Waals surface area contributed by atoms with Crippen molar-refractivity contribution in [1.82, 2.24) is 0 Å². The summed E-state index contributed by atoms with van der Waals surface area (Å²) < 4.78 is 0. The summed E-state index contributed by atoms with van der Waals surface area (Å²) in [6.07, 6.45) is 2.46. The molecule has 0 bridgehead atoms. The summed E-state index contributed by atoms with van der Waals surface area (Å²) in [4.78, 5) is 0. The first-order valence-electron chi connectivity index (χ1n) is 1.82. The van der Waals surface area contributed by atoms with E-state index in [4.69, 9.17) is 10.8 Å². The van der Waals surface area contributed by atoms with Crippen molar-refractivity contribution in [2.75, 3.05) is 0 Å². The van der Waals surface area contributed by atoms with E-state index in [1.165, 1.54) is 12.4 Å². The van der Waals surface area contributed by atoms with Gasteiger partial charge in [-0.05, 0) is 0 Å². The molecule has 0 aliphatic rings. The molecule has 0 aromatic heterocycles. The number of nitrogens with one attached hydrogen (secondary N) is 2. The van der Waals surface area contributed by atoms with Gasteiger partial charge in [-0.1, -0.05) is 6.92 Å². The highest BCUT2D eigenvalue weighted by atomic mass is 14.4. The Morgan fingerprint density at radius 2 is 1.67 bits per heavy atom. The van der Waals surface area contributed by atoms with Gasteiger partial charge in [-0.2, -0.15) is 0 Å². The molecule has 0 aromatic carbocycles. The van der Waals surface area contributed by atoms with Crippen LogP contribution >= 0.6 is 0 Å². The Kier molecular flexibility index (Phi) is 2.29. The van der Waals surface area contributed by atoms with Crippen molar-refractivity contribution < 1.29 is 0 Å². The Bertz CT molecular complexity index is 50.6. The van der Waals surface area contributed by atoms with Crippen molar-refractivity contribution in [1.29, 1.82) is 10.8 Å². The lowest BCUT2D eigenvalue weighted by atomic mass is 10.2. The van der Waals surface area contributed by atoms with E-state index in [0.717, 1.165) is 0 Å². The highest BCUT2D eigenvalue weighted by Crippen LogP contribution is 1.77. The molecule has 0 radical (unpaired) electrons. The normalized spacial score (nSPS) is 12.8. The van der Waals surface area contributed by atoms with Gasteiger partial charge in [0.15, 0.2) is 0 Å². The summed E-state index contributed by atoms with van der Waals surface area (Å²) in [6, 6.07) is 0. The van der Waals surface area contributed by atoms with E-state index in [1.807, 2.05) is 0 Å². The Morgan fingerprint density at radius 1 is 1.33 bits per heavy atom. The molecular formula is C4H8N2. The molecular weight excluding hydrogens is 76.1 g/mol. The first-order chi connectivity index (χ1) is 2.81. The van der Waals surface area contributed by atoms with Gasteiger partial charge in [0.25, 0.3) is 0 Å². The Morgan fingerprint density at radius 3 is 1.67 bits per heavy atom. The fourth-order valence-corrected chi connectivity index (χ4v) is 0.0481.